The lowest BCUT2D eigenvalue weighted by molar-refractivity contribution is -0.130. The molecule has 74 heavy (non-hydrogen) atoms. The van der Waals surface area contributed by atoms with Gasteiger partial charge < -0.3 is 30.7 Å². The third-order valence-corrected chi connectivity index (χ3v) is 14.1. The van der Waals surface area contributed by atoms with E-state index in [1.165, 1.54) is 10.9 Å². The van der Waals surface area contributed by atoms with Gasteiger partial charge in [0.2, 0.25) is 5.91 Å². The maximum Gasteiger partial charge on any atom is 0.254 e. The second kappa shape index (κ2) is 24.6. The second-order valence-electron chi connectivity index (χ2n) is 18.8. The number of anilines is 2. The van der Waals surface area contributed by atoms with Crippen LogP contribution in [0.3, 0.4) is 0 Å². The molecule has 376 valence electrons. The topological polar surface area (TPSA) is 145 Å². The monoisotopic (exact) mass is 1000 g/mol. The van der Waals surface area contributed by atoms with E-state index < -0.39 is 5.91 Å². The Labute approximate surface area is 437 Å². The number of nitrogens with zero attached hydrogens (tertiary/aromatic N) is 6. The maximum atomic E-state index is 13.2. The zero-order valence-electron chi connectivity index (χ0n) is 41.5. The summed E-state index contributed by atoms with van der Waals surface area (Å²) < 4.78 is 0. The average Bonchev–Trinajstić information content (AvgIpc) is 3.44. The van der Waals surface area contributed by atoms with Crippen molar-refractivity contribution in [2.24, 2.45) is 5.73 Å². The highest BCUT2D eigenvalue weighted by Gasteiger charge is 2.25. The first kappa shape index (κ1) is 50.8. The lowest BCUT2D eigenvalue weighted by atomic mass is 10.0. The summed E-state index contributed by atoms with van der Waals surface area (Å²) in [5.74, 6) is 1.26. The largest absolute Gasteiger partial charge is 0.366 e. The average molecular weight is 1010 g/mol. The number of nitrogens with two attached hydrogens (primary N) is 1. The Morgan fingerprint density at radius 3 is 1.95 bits per heavy atom. The molecule has 10 rings (SSSR count). The van der Waals surface area contributed by atoms with Crippen molar-refractivity contribution in [1.29, 1.82) is 0 Å². The molecule has 0 atom stereocenters. The van der Waals surface area contributed by atoms with E-state index in [-0.39, 0.29) is 17.7 Å². The molecule has 2 aromatic heterocycles. The van der Waals surface area contributed by atoms with Crippen molar-refractivity contribution in [2.75, 3.05) is 68.7 Å². The fourth-order valence-corrected chi connectivity index (χ4v) is 9.90. The van der Waals surface area contributed by atoms with Gasteiger partial charge in [0.05, 0.1) is 23.2 Å². The van der Waals surface area contributed by atoms with Crippen LogP contribution in [-0.4, -0.2) is 102 Å². The summed E-state index contributed by atoms with van der Waals surface area (Å²) in [6.45, 7) is 5.95. The number of nitrogens with one attached hydrogen (secondary N) is 1. The van der Waals surface area contributed by atoms with Gasteiger partial charge in [0.15, 0.2) is 0 Å². The molecule has 6 aromatic carbocycles. The number of carbonyl (C=O) groups excluding carboxylic acids is 4. The van der Waals surface area contributed by atoms with Crippen molar-refractivity contribution in [3.63, 3.8) is 0 Å². The Kier molecular flexibility index (Phi) is 16.9. The lowest BCUT2D eigenvalue weighted by Gasteiger charge is -2.35. The number of aryl methyl sites for hydroxylation is 3. The molecule has 2 aliphatic heterocycles. The number of aromatic nitrogens is 2. The molecule has 0 saturated carbocycles. The van der Waals surface area contributed by atoms with Crippen LogP contribution in [-0.2, 0) is 30.5 Å². The summed E-state index contributed by atoms with van der Waals surface area (Å²) in [6.07, 6.45) is 6.31. The summed E-state index contributed by atoms with van der Waals surface area (Å²) in [4.78, 5) is 68.2. The molecule has 2 aliphatic rings. The molecule has 8 aromatic rings. The van der Waals surface area contributed by atoms with Crippen LogP contribution in [0.5, 0.6) is 0 Å². The van der Waals surface area contributed by atoms with Crippen molar-refractivity contribution in [2.45, 2.75) is 38.5 Å². The minimum atomic E-state index is -0.482. The predicted octanol–water partition coefficient (Wildman–Crippen LogP) is 9.61. The summed E-state index contributed by atoms with van der Waals surface area (Å²) in [5, 5.41) is 8.07. The minimum absolute atomic E-state index is 0.0696. The highest BCUT2D eigenvalue weighted by molar-refractivity contribution is 6.30. The normalized spacial score (nSPS) is 13.6. The second-order valence-corrected chi connectivity index (χ2v) is 19.2. The van der Waals surface area contributed by atoms with Crippen LogP contribution in [0, 0.1) is 0 Å². The molecule has 12 nitrogen and oxygen atoms in total. The Balaban J connectivity index is 0.000000182. The van der Waals surface area contributed by atoms with Gasteiger partial charge in [-0.2, -0.15) is 0 Å². The van der Waals surface area contributed by atoms with Crippen molar-refractivity contribution >= 4 is 68.4 Å². The third-order valence-electron chi connectivity index (χ3n) is 13.8. The minimum Gasteiger partial charge on any atom is -0.366 e. The van der Waals surface area contributed by atoms with E-state index >= 15 is 0 Å². The highest BCUT2D eigenvalue weighted by atomic mass is 35.5. The molecule has 4 heterocycles. The molecule has 13 heteroatoms. The van der Waals surface area contributed by atoms with Gasteiger partial charge in [-0.1, -0.05) is 133 Å². The molecule has 0 spiro atoms. The van der Waals surface area contributed by atoms with Gasteiger partial charge >= 0.3 is 0 Å². The molecule has 4 amide bonds. The van der Waals surface area contributed by atoms with Crippen LogP contribution < -0.4 is 20.9 Å². The van der Waals surface area contributed by atoms with Gasteiger partial charge in [-0.3, -0.25) is 19.2 Å². The van der Waals surface area contributed by atoms with Crippen molar-refractivity contribution in [3.8, 4) is 0 Å². The van der Waals surface area contributed by atoms with Crippen molar-refractivity contribution < 1.29 is 19.2 Å². The smallest absolute Gasteiger partial charge is 0.254 e. The van der Waals surface area contributed by atoms with Gasteiger partial charge in [0, 0.05) is 75.7 Å². The number of hydrogen-bond acceptors (Lipinski definition) is 8. The summed E-state index contributed by atoms with van der Waals surface area (Å²) in [6, 6.07) is 53.7. The van der Waals surface area contributed by atoms with E-state index in [0.29, 0.717) is 100 Å². The molecule has 2 saturated heterocycles. The molecule has 2 fully saturated rings. The summed E-state index contributed by atoms with van der Waals surface area (Å²) in [7, 11) is 0. The zero-order chi connectivity index (χ0) is 51.2. The van der Waals surface area contributed by atoms with E-state index in [9.17, 15) is 19.2 Å². The highest BCUT2D eigenvalue weighted by Crippen LogP contribution is 2.24. The molecular weight excluding hydrogens is 944 g/mol. The molecule has 0 radical (unpaired) electrons. The van der Waals surface area contributed by atoms with Gasteiger partial charge in [0.25, 0.3) is 17.7 Å². The number of fused-ring (bicyclic) bond motifs is 2. The number of hydrogen-bond donors (Lipinski definition) is 2. The van der Waals surface area contributed by atoms with E-state index in [4.69, 9.17) is 22.3 Å². The quantitative estimate of drug-likeness (QED) is 0.0967. The number of rotatable bonds is 15. The van der Waals surface area contributed by atoms with Gasteiger partial charge in [-0.05, 0) is 113 Å². The first-order valence-electron chi connectivity index (χ1n) is 25.5. The van der Waals surface area contributed by atoms with Crippen LogP contribution in [0.2, 0.25) is 5.02 Å². The van der Waals surface area contributed by atoms with Gasteiger partial charge in [0.1, 0.15) is 11.6 Å². The number of amides is 4. The van der Waals surface area contributed by atoms with Gasteiger partial charge in [-0.25, -0.2) is 9.97 Å². The van der Waals surface area contributed by atoms with E-state index in [1.54, 1.807) is 12.3 Å². The van der Waals surface area contributed by atoms with Crippen LogP contribution in [0.25, 0.3) is 21.5 Å². The number of carbonyl (C=O) groups is 4. The Bertz CT molecular complexity index is 3220. The molecule has 0 unspecified atom stereocenters. The fourth-order valence-electron chi connectivity index (χ4n) is 9.69. The summed E-state index contributed by atoms with van der Waals surface area (Å²) >= 11 is 6.11. The van der Waals surface area contributed by atoms with Crippen LogP contribution in [0.1, 0.15) is 66.3 Å². The summed E-state index contributed by atoms with van der Waals surface area (Å²) in [5.41, 5.74) is 11.5. The lowest BCUT2D eigenvalue weighted by Crippen LogP contribution is -2.49. The van der Waals surface area contributed by atoms with E-state index in [2.05, 4.69) is 68.6 Å². The maximum absolute atomic E-state index is 13.2. The van der Waals surface area contributed by atoms with E-state index in [1.807, 2.05) is 119 Å². The van der Waals surface area contributed by atoms with Crippen LogP contribution >= 0.6 is 11.6 Å². The molecule has 0 bridgehead atoms. The number of unbranched alkanes of at least 4 members (excludes halogenated alkanes) is 1. The first-order valence-corrected chi connectivity index (χ1v) is 25.9. The molecule has 0 aliphatic carbocycles. The van der Waals surface area contributed by atoms with Crippen LogP contribution in [0.4, 0.5) is 11.6 Å². The standard InChI is InChI=1S/C31H32N4O2.C30H29ClN4O2/c36-30(32-18-7-6-11-24-9-2-1-3-10-24)26-16-17-29(33-23-26)34-19-21-35(22-20-34)31(37)28-15-8-13-25-12-4-5-14-27(25)28;31-25-7-3-4-21(19-25)9-12-27-26(30(32)37)11-13-28(33-27)34-14-16-35(17-15-34)29(36)20-22-8-10-23-5-1-2-6-24(23)18-22/h1-5,8-10,12-17,23H,6-7,11,18-22H2,(H,32,36);1-8,10-11,13,18-19H,9,12,14-17,20H2,(H2,32,37). The SMILES string of the molecule is NC(=O)c1ccc(N2CCN(C(=O)Cc3ccc4ccccc4c3)CC2)nc1CCc1cccc(Cl)c1.O=C(NCCCCc1ccccc1)c1ccc(N2CCN(C(=O)c3cccc4ccccc34)CC2)nc1. The fraction of sp³-hybridized carbons (Fsp3) is 0.246. The number of primary amides is 1. The number of pyridine rings is 2. The predicted molar refractivity (Wildman–Crippen MR) is 296 cm³/mol. The third kappa shape index (κ3) is 13.1. The zero-order valence-corrected chi connectivity index (χ0v) is 42.3. The number of benzene rings is 6. The molecule has 3 N–H and O–H groups in total. The molecular formula is C61H61ClN8O4. The Morgan fingerprint density at radius 1 is 0.541 bits per heavy atom. The Morgan fingerprint density at radius 2 is 1.20 bits per heavy atom. The van der Waals surface area contributed by atoms with E-state index in [0.717, 1.165) is 63.7 Å². The van der Waals surface area contributed by atoms with Gasteiger partial charge in [-0.15, -0.1) is 0 Å². The van der Waals surface area contributed by atoms with Crippen molar-refractivity contribution in [1.82, 2.24) is 25.1 Å². The van der Waals surface area contributed by atoms with Crippen LogP contribution in [0.15, 0.2) is 170 Å². The Hall–Kier alpha value is -8.09. The number of halogens is 1. The van der Waals surface area contributed by atoms with Crippen molar-refractivity contribution in [3.05, 3.63) is 214 Å². The first-order chi connectivity index (χ1) is 36.1. The number of piperazine rings is 2.